The fourth-order valence-corrected chi connectivity index (χ4v) is 3.14. The zero-order valence-corrected chi connectivity index (χ0v) is 9.28. The molecule has 2 rings (SSSR count). The van der Waals surface area contributed by atoms with Crippen molar-refractivity contribution in [3.8, 4) is 5.75 Å². The first-order valence-electron chi connectivity index (χ1n) is 4.66. The van der Waals surface area contributed by atoms with E-state index in [-0.39, 0.29) is 11.0 Å². The molecule has 1 aliphatic rings. The highest BCUT2D eigenvalue weighted by molar-refractivity contribution is 8.00. The van der Waals surface area contributed by atoms with Crippen LogP contribution in [0, 0.1) is 6.92 Å². The molecule has 0 aromatic carbocycles. The lowest BCUT2D eigenvalue weighted by atomic mass is 10.2. The molecule has 1 aromatic heterocycles. The van der Waals surface area contributed by atoms with Crippen molar-refractivity contribution in [1.29, 1.82) is 0 Å². The number of pyridine rings is 1. The molecule has 0 amide bonds. The summed E-state index contributed by atoms with van der Waals surface area (Å²) in [5.74, 6) is -0.700. The third-order valence-corrected chi connectivity index (χ3v) is 3.83. The van der Waals surface area contributed by atoms with Crippen LogP contribution < -0.4 is 4.57 Å². The zero-order valence-electron chi connectivity index (χ0n) is 8.47. The van der Waals surface area contributed by atoms with E-state index < -0.39 is 12.0 Å². The second-order valence-electron chi connectivity index (χ2n) is 3.64. The van der Waals surface area contributed by atoms with E-state index in [1.54, 1.807) is 16.7 Å². The van der Waals surface area contributed by atoms with Crippen LogP contribution in [0.25, 0.3) is 0 Å². The van der Waals surface area contributed by atoms with E-state index in [1.807, 2.05) is 13.8 Å². The molecular weight excluding hydrogens is 214 g/mol. The molecule has 4 nitrogen and oxygen atoms in total. The number of thioether (sulfide) groups is 1. The number of hydrogen-bond acceptors (Lipinski definition) is 3. The predicted octanol–water partition coefficient (Wildman–Crippen LogP) is 1.11. The first kappa shape index (κ1) is 10.3. The number of aryl methyl sites for hydroxylation is 1. The van der Waals surface area contributed by atoms with Gasteiger partial charge in [-0.15, -0.1) is 0 Å². The highest BCUT2D eigenvalue weighted by Gasteiger charge is 2.46. The molecule has 0 radical (unpaired) electrons. The number of rotatable bonds is 1. The number of carbonyl (C=O) groups is 1. The Bertz CT molecular complexity index is 433. The molecule has 0 bridgehead atoms. The Hall–Kier alpha value is -1.23. The molecule has 0 saturated carbocycles. The minimum absolute atomic E-state index is 0.0606. The predicted molar refractivity (Wildman–Crippen MR) is 55.0 cm³/mol. The van der Waals surface area contributed by atoms with Crippen LogP contribution in [0.15, 0.2) is 17.2 Å². The van der Waals surface area contributed by atoms with Gasteiger partial charge in [-0.1, -0.05) is 0 Å². The van der Waals surface area contributed by atoms with Crippen LogP contribution in [0.2, 0.25) is 0 Å². The first-order chi connectivity index (χ1) is 7.02. The fraction of sp³-hybridized carbons (Fsp3) is 0.400. The average molecular weight is 226 g/mol. The van der Waals surface area contributed by atoms with Crippen LogP contribution in [0.5, 0.6) is 5.75 Å². The van der Waals surface area contributed by atoms with Gasteiger partial charge in [-0.05, 0) is 24.8 Å². The first-order valence-corrected chi connectivity index (χ1v) is 5.54. The number of aromatic nitrogens is 1. The highest BCUT2D eigenvalue weighted by Crippen LogP contribution is 2.38. The Kier molecular flexibility index (Phi) is 2.34. The number of fused-ring (bicyclic) bond motifs is 1. The Morgan fingerprint density at radius 1 is 1.53 bits per heavy atom. The van der Waals surface area contributed by atoms with Crippen molar-refractivity contribution < 1.29 is 19.6 Å². The maximum absolute atomic E-state index is 11.1. The van der Waals surface area contributed by atoms with Crippen molar-refractivity contribution in [2.45, 2.75) is 30.2 Å². The molecule has 5 heteroatoms. The van der Waals surface area contributed by atoms with Gasteiger partial charge in [0.15, 0.2) is 11.4 Å². The molecule has 0 saturated heterocycles. The average Bonchev–Trinajstić information content (AvgIpc) is 2.50. The molecule has 2 heterocycles. The second-order valence-corrected chi connectivity index (χ2v) is 5.01. The van der Waals surface area contributed by atoms with E-state index in [9.17, 15) is 9.90 Å². The molecule has 2 atom stereocenters. The Balaban J connectivity index is 2.62. The zero-order chi connectivity index (χ0) is 11.2. The van der Waals surface area contributed by atoms with Gasteiger partial charge in [-0.3, -0.25) is 0 Å². The van der Waals surface area contributed by atoms with Crippen LogP contribution in [0.3, 0.4) is 0 Å². The van der Waals surface area contributed by atoms with Crippen molar-refractivity contribution >= 4 is 17.7 Å². The summed E-state index contributed by atoms with van der Waals surface area (Å²) in [5, 5.41) is 19.4. The smallest absolute Gasteiger partial charge is 0.374 e. The van der Waals surface area contributed by atoms with Gasteiger partial charge in [0.25, 0.3) is 11.1 Å². The molecular formula is C10H12NO3S+. The summed E-state index contributed by atoms with van der Waals surface area (Å²) in [6.45, 7) is 3.70. The number of hydrogen-bond donors (Lipinski definition) is 2. The largest absolute Gasteiger partial charge is 0.502 e. The molecule has 80 valence electrons. The number of carboxylic acids is 1. The van der Waals surface area contributed by atoms with E-state index in [4.69, 9.17) is 5.11 Å². The van der Waals surface area contributed by atoms with Gasteiger partial charge in [0.05, 0.1) is 5.25 Å². The normalized spacial score (nSPS) is 23.9. The van der Waals surface area contributed by atoms with Gasteiger partial charge in [-0.25, -0.2) is 4.79 Å². The summed E-state index contributed by atoms with van der Waals surface area (Å²) in [4.78, 5) is 11.1. The number of aromatic hydroxyl groups is 1. The number of carboxylic acid groups (broad SMARTS) is 1. The van der Waals surface area contributed by atoms with Crippen molar-refractivity contribution in [1.82, 2.24) is 0 Å². The monoisotopic (exact) mass is 226 g/mol. The van der Waals surface area contributed by atoms with Crippen LogP contribution >= 0.6 is 11.8 Å². The minimum atomic E-state index is -0.854. The van der Waals surface area contributed by atoms with Gasteiger partial charge in [0.2, 0.25) is 0 Å². The summed E-state index contributed by atoms with van der Waals surface area (Å²) in [6.07, 6.45) is 0. The van der Waals surface area contributed by atoms with Crippen LogP contribution in [0.4, 0.5) is 0 Å². The molecule has 0 aliphatic carbocycles. The second kappa shape index (κ2) is 3.41. The van der Waals surface area contributed by atoms with Gasteiger partial charge in [0.1, 0.15) is 0 Å². The van der Waals surface area contributed by atoms with Gasteiger partial charge < -0.3 is 10.2 Å². The van der Waals surface area contributed by atoms with Crippen molar-refractivity contribution in [3.63, 3.8) is 0 Å². The molecule has 1 aromatic rings. The lowest BCUT2D eigenvalue weighted by molar-refractivity contribution is -0.744. The topological polar surface area (TPSA) is 61.4 Å². The summed E-state index contributed by atoms with van der Waals surface area (Å²) in [6, 6.07) is 2.75. The van der Waals surface area contributed by atoms with Crippen LogP contribution in [0.1, 0.15) is 18.7 Å². The van der Waals surface area contributed by atoms with E-state index in [1.165, 1.54) is 11.8 Å². The lowest BCUT2D eigenvalue weighted by Gasteiger charge is -2.05. The molecule has 0 spiro atoms. The lowest BCUT2D eigenvalue weighted by Crippen LogP contribution is -2.47. The molecule has 1 aliphatic heterocycles. The third-order valence-electron chi connectivity index (χ3n) is 2.57. The summed E-state index contributed by atoms with van der Waals surface area (Å²) >= 11 is 1.40. The molecule has 2 N–H and O–H groups in total. The van der Waals surface area contributed by atoms with Crippen LogP contribution in [-0.4, -0.2) is 21.4 Å². The minimum Gasteiger partial charge on any atom is -0.502 e. The van der Waals surface area contributed by atoms with Gasteiger partial charge in [-0.2, -0.15) is 4.57 Å². The molecule has 0 fully saturated rings. The van der Waals surface area contributed by atoms with E-state index in [0.29, 0.717) is 5.03 Å². The van der Waals surface area contributed by atoms with Gasteiger partial charge >= 0.3 is 5.97 Å². The van der Waals surface area contributed by atoms with E-state index in [0.717, 1.165) is 5.69 Å². The van der Waals surface area contributed by atoms with Gasteiger partial charge in [0, 0.05) is 13.0 Å². The summed E-state index contributed by atoms with van der Waals surface area (Å²) in [5.41, 5.74) is 0.854. The fourth-order valence-electron chi connectivity index (χ4n) is 1.86. The van der Waals surface area contributed by atoms with Crippen LogP contribution in [-0.2, 0) is 4.79 Å². The molecule has 0 unspecified atom stereocenters. The maximum Gasteiger partial charge on any atom is 0.374 e. The number of nitrogens with zero attached hydrogens (tertiary/aromatic N) is 1. The Labute approximate surface area is 91.6 Å². The third kappa shape index (κ3) is 1.47. The number of aliphatic carboxylic acids is 1. The van der Waals surface area contributed by atoms with Crippen molar-refractivity contribution in [2.75, 3.05) is 0 Å². The van der Waals surface area contributed by atoms with E-state index in [2.05, 4.69) is 0 Å². The van der Waals surface area contributed by atoms with Crippen molar-refractivity contribution in [3.05, 3.63) is 17.8 Å². The summed E-state index contributed by atoms with van der Waals surface area (Å²) in [7, 11) is 0. The SMILES string of the molecule is Cc1ccc(O)c2[n+]1[C@@H](C(=O)O)[C@H](C)S2. The molecule has 15 heavy (non-hydrogen) atoms. The summed E-state index contributed by atoms with van der Waals surface area (Å²) < 4.78 is 1.69. The standard InChI is InChI=1S/C10H11NO3S/c1-5-3-4-7(12)9-11(5)8(10(13)14)6(2)15-9/h3-4,6,8H,1-2H3,(H-,12,13,14)/p+1/t6-,8+/m0/s1. The Morgan fingerprint density at radius 3 is 2.80 bits per heavy atom. The Morgan fingerprint density at radius 2 is 2.20 bits per heavy atom. The highest BCUT2D eigenvalue weighted by atomic mass is 32.2. The quantitative estimate of drug-likeness (QED) is 0.704. The maximum atomic E-state index is 11.1. The van der Waals surface area contributed by atoms with Crippen molar-refractivity contribution in [2.24, 2.45) is 0 Å². The van der Waals surface area contributed by atoms with E-state index >= 15 is 0 Å².